The molecule has 0 aliphatic rings. The summed E-state index contributed by atoms with van der Waals surface area (Å²) in [7, 11) is 1.45. The highest BCUT2D eigenvalue weighted by Gasteiger charge is 2.16. The van der Waals surface area contributed by atoms with Crippen molar-refractivity contribution in [3.8, 4) is 0 Å². The smallest absolute Gasteiger partial charge is 0.390 e. The summed E-state index contributed by atoms with van der Waals surface area (Å²) in [5.74, 6) is -1.27. The number of aromatic amines is 2. The molecule has 0 bridgehead atoms. The van der Waals surface area contributed by atoms with Crippen LogP contribution >= 0.6 is 0 Å². The normalized spacial score (nSPS) is 11.4. The lowest BCUT2D eigenvalue weighted by molar-refractivity contribution is -0.397. The van der Waals surface area contributed by atoms with Gasteiger partial charge in [-0.15, -0.1) is 0 Å². The van der Waals surface area contributed by atoms with Crippen LogP contribution in [-0.2, 0) is 11.3 Å². The molecule has 0 saturated carbocycles. The van der Waals surface area contributed by atoms with E-state index in [1.165, 1.54) is 24.1 Å². The van der Waals surface area contributed by atoms with Crippen molar-refractivity contribution >= 4 is 5.95 Å². The van der Waals surface area contributed by atoms with Crippen molar-refractivity contribution in [1.29, 1.82) is 0 Å². The number of hydrogen-bond acceptors (Lipinski definition) is 7. The Kier molecular flexibility index (Phi) is 6.76. The minimum atomic E-state index is -1.00. The summed E-state index contributed by atoms with van der Waals surface area (Å²) in [6.45, 7) is 0.236. The van der Waals surface area contributed by atoms with Crippen LogP contribution < -0.4 is 11.2 Å². The largest absolute Gasteiger partial charge is 0.434 e. The summed E-state index contributed by atoms with van der Waals surface area (Å²) in [5.41, 5.74) is -1.71. The Balaban J connectivity index is 0.000000253. The standard InChI is InChI=1S/C7H11N3O4.C4H3FN2O2/c1-14-5-6(11)4-9-3-2-8-7(9)10(12)13;5-2-1-6-4(9)7-3(2)8/h2-3,6,11H,4-5H2,1H3;1H,(H2,6,7,8,9). The minimum Gasteiger partial charge on any atom is -0.390 e. The number of nitrogens with one attached hydrogen (secondary N) is 2. The van der Waals surface area contributed by atoms with Gasteiger partial charge in [0.15, 0.2) is 0 Å². The molecule has 2 rings (SSSR count). The van der Waals surface area contributed by atoms with Gasteiger partial charge in [0.2, 0.25) is 5.82 Å². The lowest BCUT2D eigenvalue weighted by Crippen LogP contribution is -2.23. The highest BCUT2D eigenvalue weighted by Crippen LogP contribution is 2.08. The average Bonchev–Trinajstić information content (AvgIpc) is 2.92. The van der Waals surface area contributed by atoms with Crippen LogP contribution in [0.4, 0.5) is 10.3 Å². The van der Waals surface area contributed by atoms with Gasteiger partial charge in [0.05, 0.1) is 13.2 Å². The molecule has 1 unspecified atom stereocenters. The third kappa shape index (κ3) is 5.80. The molecule has 0 aliphatic carbocycles. The highest BCUT2D eigenvalue weighted by atomic mass is 19.1. The van der Waals surface area contributed by atoms with Crippen LogP contribution in [0.2, 0.25) is 0 Å². The molecule has 0 saturated heterocycles. The number of aliphatic hydroxyl groups excluding tert-OH is 1. The molecule has 0 aliphatic heterocycles. The van der Waals surface area contributed by atoms with Gasteiger partial charge in [0, 0.05) is 13.3 Å². The quantitative estimate of drug-likeness (QED) is 0.468. The van der Waals surface area contributed by atoms with Crippen LogP contribution in [0, 0.1) is 15.9 Å². The Morgan fingerprint density at radius 3 is 2.78 bits per heavy atom. The third-order valence-corrected chi connectivity index (χ3v) is 2.40. The molecule has 12 heteroatoms. The first-order chi connectivity index (χ1) is 10.8. The average molecular weight is 331 g/mol. The Morgan fingerprint density at radius 1 is 1.57 bits per heavy atom. The number of nitro groups is 1. The maximum atomic E-state index is 12.0. The fourth-order valence-electron chi connectivity index (χ4n) is 1.48. The third-order valence-electron chi connectivity index (χ3n) is 2.40. The van der Waals surface area contributed by atoms with Gasteiger partial charge in [-0.1, -0.05) is 4.98 Å². The van der Waals surface area contributed by atoms with Crippen molar-refractivity contribution < 1.29 is 19.2 Å². The molecule has 2 aromatic rings. The van der Waals surface area contributed by atoms with E-state index in [0.717, 1.165) is 0 Å². The first-order valence-electron chi connectivity index (χ1n) is 6.15. The monoisotopic (exact) mass is 331 g/mol. The second-order valence-corrected chi connectivity index (χ2v) is 4.17. The van der Waals surface area contributed by atoms with E-state index in [4.69, 9.17) is 4.74 Å². The first-order valence-corrected chi connectivity index (χ1v) is 6.15. The number of ether oxygens (including phenoxy) is 1. The maximum absolute atomic E-state index is 12.0. The molecule has 126 valence electrons. The van der Waals surface area contributed by atoms with E-state index in [0.29, 0.717) is 6.20 Å². The molecule has 2 aromatic heterocycles. The topological polar surface area (TPSA) is 156 Å². The van der Waals surface area contributed by atoms with Gasteiger partial charge >= 0.3 is 11.6 Å². The van der Waals surface area contributed by atoms with Crippen LogP contribution in [0.5, 0.6) is 0 Å². The molecule has 0 aromatic carbocycles. The Hall–Kier alpha value is -2.86. The first kappa shape index (κ1) is 18.2. The van der Waals surface area contributed by atoms with Gasteiger partial charge in [-0.25, -0.2) is 9.36 Å². The summed E-state index contributed by atoms with van der Waals surface area (Å²) >= 11 is 0. The van der Waals surface area contributed by atoms with Crippen molar-refractivity contribution in [3.05, 3.63) is 55.4 Å². The van der Waals surface area contributed by atoms with Crippen molar-refractivity contribution in [2.45, 2.75) is 12.6 Å². The van der Waals surface area contributed by atoms with Crippen LogP contribution in [0.25, 0.3) is 0 Å². The number of methoxy groups -OCH3 is 1. The lowest BCUT2D eigenvalue weighted by Gasteiger charge is -2.07. The van der Waals surface area contributed by atoms with Crippen LogP contribution in [-0.4, -0.2) is 49.4 Å². The summed E-state index contributed by atoms with van der Waals surface area (Å²) in [6.07, 6.45) is 2.70. The highest BCUT2D eigenvalue weighted by molar-refractivity contribution is 5.06. The number of imidazole rings is 1. The fraction of sp³-hybridized carbons (Fsp3) is 0.364. The van der Waals surface area contributed by atoms with E-state index in [2.05, 4.69) is 4.98 Å². The van der Waals surface area contributed by atoms with Crippen molar-refractivity contribution in [2.24, 2.45) is 0 Å². The molecular formula is C11H14FN5O6. The molecule has 23 heavy (non-hydrogen) atoms. The van der Waals surface area contributed by atoms with Gasteiger partial charge in [-0.3, -0.25) is 9.78 Å². The number of rotatable bonds is 5. The summed E-state index contributed by atoms with van der Waals surface area (Å²) in [5, 5.41) is 19.8. The zero-order valence-electron chi connectivity index (χ0n) is 11.9. The van der Waals surface area contributed by atoms with Crippen molar-refractivity contribution in [1.82, 2.24) is 19.5 Å². The maximum Gasteiger partial charge on any atom is 0.434 e. The van der Waals surface area contributed by atoms with E-state index in [9.17, 15) is 29.2 Å². The van der Waals surface area contributed by atoms with Crippen LogP contribution in [0.3, 0.4) is 0 Å². The number of hydrogen-bond donors (Lipinski definition) is 3. The van der Waals surface area contributed by atoms with Crippen molar-refractivity contribution in [3.63, 3.8) is 0 Å². The molecule has 3 N–H and O–H groups in total. The van der Waals surface area contributed by atoms with Gasteiger partial charge in [-0.05, 0) is 4.92 Å². The summed E-state index contributed by atoms with van der Waals surface area (Å²) in [4.78, 5) is 37.4. The second-order valence-electron chi connectivity index (χ2n) is 4.17. The zero-order chi connectivity index (χ0) is 17.4. The van der Waals surface area contributed by atoms with E-state index < -0.39 is 28.1 Å². The number of halogens is 1. The minimum absolute atomic E-state index is 0.101. The number of H-pyrrole nitrogens is 2. The lowest BCUT2D eigenvalue weighted by atomic mass is 10.4. The van der Waals surface area contributed by atoms with E-state index in [1.54, 1.807) is 4.98 Å². The predicted octanol–water partition coefficient (Wildman–Crippen LogP) is -0.999. The molecule has 0 amide bonds. The Bertz CT molecular complexity index is 754. The fourth-order valence-corrected chi connectivity index (χ4v) is 1.48. The van der Waals surface area contributed by atoms with Crippen molar-refractivity contribution in [2.75, 3.05) is 13.7 Å². The molecule has 0 radical (unpaired) electrons. The molecular weight excluding hydrogens is 317 g/mol. The number of aliphatic hydroxyl groups is 1. The molecule has 2 heterocycles. The predicted molar refractivity (Wildman–Crippen MR) is 74.4 cm³/mol. The second kappa shape index (κ2) is 8.55. The number of aromatic nitrogens is 4. The Morgan fingerprint density at radius 2 is 2.26 bits per heavy atom. The van der Waals surface area contributed by atoms with Crippen LogP contribution in [0.1, 0.15) is 0 Å². The van der Waals surface area contributed by atoms with Gasteiger partial charge < -0.3 is 24.9 Å². The molecule has 1 atom stereocenters. The molecule has 0 fully saturated rings. The number of nitrogens with zero attached hydrogens (tertiary/aromatic N) is 3. The molecule has 11 nitrogen and oxygen atoms in total. The van der Waals surface area contributed by atoms with Gasteiger partial charge in [-0.2, -0.15) is 4.39 Å². The summed E-state index contributed by atoms with van der Waals surface area (Å²) < 4.78 is 18.0. The van der Waals surface area contributed by atoms with Gasteiger partial charge in [0.1, 0.15) is 18.5 Å². The van der Waals surface area contributed by atoms with Crippen LogP contribution in [0.15, 0.2) is 28.2 Å². The molecule has 0 spiro atoms. The summed E-state index contributed by atoms with van der Waals surface area (Å²) in [6, 6.07) is 0. The SMILES string of the molecule is COCC(O)Cn1ccnc1[N+](=O)[O-].O=c1[nH]cc(F)c(=O)[nH]1. The van der Waals surface area contributed by atoms with E-state index in [-0.39, 0.29) is 19.1 Å². The van der Waals surface area contributed by atoms with Gasteiger partial charge in [0.25, 0.3) is 5.56 Å². The van der Waals surface area contributed by atoms with E-state index >= 15 is 0 Å². The Labute approximate surface area is 127 Å². The zero-order valence-corrected chi connectivity index (χ0v) is 11.9. The van der Waals surface area contributed by atoms with E-state index in [1.807, 2.05) is 4.98 Å².